The van der Waals surface area contributed by atoms with Crippen molar-refractivity contribution >= 4 is 67.3 Å². The van der Waals surface area contributed by atoms with Gasteiger partial charge >= 0.3 is 0 Å². The van der Waals surface area contributed by atoms with E-state index in [1.807, 2.05) is 9.80 Å². The molecule has 2 aromatic heterocycles. The van der Waals surface area contributed by atoms with Gasteiger partial charge in [0.2, 0.25) is 35.7 Å². The fourth-order valence-electron chi connectivity index (χ4n) is 4.33. The van der Waals surface area contributed by atoms with Crippen LogP contribution in [0.3, 0.4) is 0 Å². The molecule has 0 radical (unpaired) electrons. The lowest BCUT2D eigenvalue weighted by molar-refractivity contribution is 0.122. The number of morpholine rings is 2. The molecule has 5 rings (SSSR count). The number of nitrogens with one attached hydrogen (secondary N) is 4. The molecule has 4 heterocycles. The molecule has 0 saturated carbocycles. The predicted octanol–water partition coefficient (Wildman–Crippen LogP) is -0.184. The fraction of sp³-hybridized carbons (Fsp3) is 0.500. The van der Waals surface area contributed by atoms with Gasteiger partial charge in [-0.3, -0.25) is 9.11 Å². The van der Waals surface area contributed by atoms with E-state index >= 15 is 0 Å². The van der Waals surface area contributed by atoms with Gasteiger partial charge in [0.1, 0.15) is 0 Å². The molecule has 1 aromatic carbocycles. The van der Waals surface area contributed by atoms with Gasteiger partial charge in [-0.25, -0.2) is 0 Å². The lowest BCUT2D eigenvalue weighted by Crippen LogP contribution is -2.37. The maximum atomic E-state index is 11.2. The van der Waals surface area contributed by atoms with Crippen molar-refractivity contribution in [2.45, 2.75) is 0 Å². The van der Waals surface area contributed by atoms with Crippen LogP contribution < -0.4 is 31.1 Å². The van der Waals surface area contributed by atoms with Gasteiger partial charge in [0.15, 0.2) is 0 Å². The summed E-state index contributed by atoms with van der Waals surface area (Å²) in [6, 6.07) is 7.09. The van der Waals surface area contributed by atoms with Crippen LogP contribution in [0.4, 0.5) is 47.1 Å². The van der Waals surface area contributed by atoms with E-state index < -0.39 is 31.7 Å². The van der Waals surface area contributed by atoms with Crippen molar-refractivity contribution in [2.75, 3.05) is 108 Å². The Bertz CT molecular complexity index is 1580. The molecule has 2 fully saturated rings. The Morgan fingerprint density at radius 2 is 1.02 bits per heavy atom. The lowest BCUT2D eigenvalue weighted by Gasteiger charge is -2.27. The number of ether oxygens (including phenoxy) is 2. The van der Waals surface area contributed by atoms with Crippen molar-refractivity contribution in [1.82, 2.24) is 29.9 Å². The van der Waals surface area contributed by atoms with E-state index in [-0.39, 0.29) is 36.9 Å². The van der Waals surface area contributed by atoms with Crippen LogP contribution in [0.5, 0.6) is 0 Å². The second-order valence-electron chi connectivity index (χ2n) is 10.0. The van der Waals surface area contributed by atoms with Gasteiger partial charge in [-0.05, 0) is 18.2 Å². The summed E-state index contributed by atoms with van der Waals surface area (Å²) in [5.74, 6) is 0.275. The first-order valence-corrected chi connectivity index (χ1v) is 17.4. The molecule has 22 heteroatoms. The Labute approximate surface area is 264 Å². The van der Waals surface area contributed by atoms with E-state index in [4.69, 9.17) is 18.6 Å². The highest BCUT2D eigenvalue weighted by molar-refractivity contribution is 7.86. The molecule has 0 spiro atoms. The standard InChI is InChI=1S/C24H34N12O8S2/c37-45(38,39)14-4-25-19-29-21(33-23(31-19)35-6-10-43-11-7-35)27-17-2-1-3-18(16-17)28-22-30-20(26-5-15-46(40,41)42)32-24(34-22)36-8-12-44-13-9-36/h1-3,16H,4-15H2,(H,37,38,39)(H,40,41,42)(H2,25,27,29,31,33)(H2,26,28,30,32,34). The van der Waals surface area contributed by atoms with Crippen LogP contribution in [0.15, 0.2) is 24.3 Å². The number of benzene rings is 1. The van der Waals surface area contributed by atoms with E-state index in [1.54, 1.807) is 24.3 Å². The highest BCUT2D eigenvalue weighted by atomic mass is 32.2. The van der Waals surface area contributed by atoms with E-state index in [2.05, 4.69) is 51.2 Å². The predicted molar refractivity (Wildman–Crippen MR) is 169 cm³/mol. The Morgan fingerprint density at radius 1 is 0.630 bits per heavy atom. The van der Waals surface area contributed by atoms with Gasteiger partial charge in [0, 0.05) is 50.6 Å². The molecule has 2 aliphatic rings. The smallest absolute Gasteiger partial charge is 0.266 e. The van der Waals surface area contributed by atoms with Crippen LogP contribution in [0.25, 0.3) is 0 Å². The van der Waals surface area contributed by atoms with Gasteiger partial charge < -0.3 is 40.5 Å². The second-order valence-corrected chi connectivity index (χ2v) is 13.2. The first kappa shape index (κ1) is 33.2. The third kappa shape index (κ3) is 10.4. The van der Waals surface area contributed by atoms with Crippen molar-refractivity contribution in [2.24, 2.45) is 0 Å². The third-order valence-corrected chi connectivity index (χ3v) is 7.94. The van der Waals surface area contributed by atoms with Gasteiger partial charge in [-0.1, -0.05) is 6.07 Å². The van der Waals surface area contributed by atoms with Crippen LogP contribution in [0.2, 0.25) is 0 Å². The molecule has 6 N–H and O–H groups in total. The van der Waals surface area contributed by atoms with Gasteiger partial charge in [0.05, 0.1) is 37.9 Å². The largest absolute Gasteiger partial charge is 0.378 e. The summed E-state index contributed by atoms with van der Waals surface area (Å²) >= 11 is 0. The SMILES string of the molecule is O=S(=O)(O)CCNc1nc(Nc2cccc(Nc3nc(NCCS(=O)(=O)O)nc(N4CCOCC4)n3)c2)nc(N2CCOCC2)n1. The minimum Gasteiger partial charge on any atom is -0.378 e. The first-order valence-electron chi connectivity index (χ1n) is 14.2. The summed E-state index contributed by atoms with van der Waals surface area (Å²) in [6.45, 7) is 3.97. The number of nitrogens with zero attached hydrogens (tertiary/aromatic N) is 8. The zero-order valence-corrected chi connectivity index (χ0v) is 26.2. The van der Waals surface area contributed by atoms with Crippen LogP contribution >= 0.6 is 0 Å². The van der Waals surface area contributed by atoms with Crippen molar-refractivity contribution in [3.8, 4) is 0 Å². The molecule has 0 aliphatic carbocycles. The molecule has 2 aliphatic heterocycles. The van der Waals surface area contributed by atoms with Crippen LogP contribution in [-0.4, -0.2) is 133 Å². The van der Waals surface area contributed by atoms with E-state index in [0.29, 0.717) is 75.9 Å². The maximum absolute atomic E-state index is 11.2. The molecule has 0 amide bonds. The fourth-order valence-corrected chi connectivity index (χ4v) is 5.05. The lowest BCUT2D eigenvalue weighted by atomic mass is 10.3. The van der Waals surface area contributed by atoms with Crippen molar-refractivity contribution < 1.29 is 35.4 Å². The highest BCUT2D eigenvalue weighted by Gasteiger charge is 2.19. The molecular weight excluding hydrogens is 648 g/mol. The zero-order valence-electron chi connectivity index (χ0n) is 24.5. The van der Waals surface area contributed by atoms with Gasteiger partial charge in [0.25, 0.3) is 20.2 Å². The molecule has 20 nitrogen and oxygen atoms in total. The zero-order chi connectivity index (χ0) is 32.6. The van der Waals surface area contributed by atoms with E-state index in [1.165, 1.54) is 0 Å². The Kier molecular flexibility index (Phi) is 10.7. The summed E-state index contributed by atoms with van der Waals surface area (Å²) in [4.78, 5) is 30.4. The monoisotopic (exact) mass is 682 g/mol. The quantitative estimate of drug-likeness (QED) is 0.120. The second kappa shape index (κ2) is 14.9. The number of hydrogen-bond acceptors (Lipinski definition) is 18. The number of hydrogen-bond donors (Lipinski definition) is 6. The molecule has 46 heavy (non-hydrogen) atoms. The minimum absolute atomic E-state index is 0.116. The molecule has 0 unspecified atom stereocenters. The number of rotatable bonds is 14. The summed E-state index contributed by atoms with van der Waals surface area (Å²) in [5, 5.41) is 11.9. The van der Waals surface area contributed by atoms with Gasteiger partial charge in [-0.2, -0.15) is 46.7 Å². The third-order valence-electron chi connectivity index (χ3n) is 6.50. The van der Waals surface area contributed by atoms with Crippen molar-refractivity contribution in [3.05, 3.63) is 24.3 Å². The average Bonchev–Trinajstić information content (AvgIpc) is 3.01. The Morgan fingerprint density at radius 3 is 1.41 bits per heavy atom. The summed E-state index contributed by atoms with van der Waals surface area (Å²) in [5.41, 5.74) is 1.17. The molecule has 250 valence electrons. The molecule has 2 saturated heterocycles. The summed E-state index contributed by atoms with van der Waals surface area (Å²) in [6.07, 6.45) is 0. The van der Waals surface area contributed by atoms with Crippen molar-refractivity contribution in [3.63, 3.8) is 0 Å². The number of anilines is 8. The Hall–Kier alpha value is -4.22. The van der Waals surface area contributed by atoms with E-state index in [9.17, 15) is 16.8 Å². The van der Waals surface area contributed by atoms with Crippen LogP contribution in [0.1, 0.15) is 0 Å². The topological polar surface area (TPSA) is 259 Å². The van der Waals surface area contributed by atoms with Gasteiger partial charge in [-0.15, -0.1) is 0 Å². The maximum Gasteiger partial charge on any atom is 0.266 e. The molecule has 0 atom stereocenters. The normalized spacial score (nSPS) is 15.8. The summed E-state index contributed by atoms with van der Waals surface area (Å²) < 4.78 is 73.7. The van der Waals surface area contributed by atoms with Crippen molar-refractivity contribution in [1.29, 1.82) is 0 Å². The summed E-state index contributed by atoms with van der Waals surface area (Å²) in [7, 11) is -8.36. The molecule has 0 bridgehead atoms. The Balaban J connectivity index is 1.35. The molecular formula is C24H34N12O8S2. The van der Waals surface area contributed by atoms with Crippen LogP contribution in [-0.2, 0) is 29.7 Å². The number of aromatic nitrogens is 6. The molecule has 3 aromatic rings. The minimum atomic E-state index is -4.18. The van der Waals surface area contributed by atoms with E-state index in [0.717, 1.165) is 0 Å². The van der Waals surface area contributed by atoms with Crippen LogP contribution in [0, 0.1) is 0 Å². The average molecular weight is 683 g/mol. The first-order chi connectivity index (χ1) is 22.0. The highest BCUT2D eigenvalue weighted by Crippen LogP contribution is 2.24.